The largest absolute Gasteiger partial charge is 0.383 e. The van der Waals surface area contributed by atoms with E-state index in [1.54, 1.807) is 26.0 Å². The second-order valence-electron chi connectivity index (χ2n) is 7.64. The molecule has 1 aliphatic rings. The third-order valence-electron chi connectivity index (χ3n) is 5.50. The molecule has 2 aromatic rings. The molecule has 0 unspecified atom stereocenters. The Labute approximate surface area is 191 Å². The highest BCUT2D eigenvalue weighted by atomic mass is 32.2. The van der Waals surface area contributed by atoms with E-state index in [1.165, 1.54) is 16.4 Å². The Balaban J connectivity index is 2.00. The number of benzene rings is 2. The van der Waals surface area contributed by atoms with Crippen LogP contribution >= 0.6 is 0 Å². The quantitative estimate of drug-likeness (QED) is 0.533. The predicted molar refractivity (Wildman–Crippen MR) is 131 cm³/mol. The van der Waals surface area contributed by atoms with Gasteiger partial charge in [0.1, 0.15) is 0 Å². The first kappa shape index (κ1) is 24.3. The summed E-state index contributed by atoms with van der Waals surface area (Å²) in [5.41, 5.74) is 2.78. The van der Waals surface area contributed by atoms with Crippen molar-refractivity contribution in [3.8, 4) is 0 Å². The molecule has 3 rings (SSSR count). The molecule has 1 aliphatic carbocycles. The third kappa shape index (κ3) is 5.16. The molecular weight excluding hydrogens is 446 g/mol. The van der Waals surface area contributed by atoms with Crippen molar-refractivity contribution in [1.29, 1.82) is 0 Å². The number of allylic oxidation sites excluding steroid dienone is 1. The lowest BCUT2D eigenvalue weighted by atomic mass is 9.98. The van der Waals surface area contributed by atoms with E-state index in [0.717, 1.165) is 17.5 Å². The summed E-state index contributed by atoms with van der Waals surface area (Å²) in [6.07, 6.45) is 3.56. The number of aryl methyl sites for hydroxylation is 1. The zero-order valence-electron chi connectivity index (χ0n) is 18.8. The van der Waals surface area contributed by atoms with Crippen LogP contribution in [0.15, 0.2) is 52.3 Å². The molecule has 0 saturated carbocycles. The monoisotopic (exact) mass is 477 g/mol. The molecule has 0 heterocycles. The summed E-state index contributed by atoms with van der Waals surface area (Å²) in [5, 5.41) is 3.19. The van der Waals surface area contributed by atoms with Crippen molar-refractivity contribution in [2.45, 2.75) is 44.9 Å². The van der Waals surface area contributed by atoms with E-state index in [0.29, 0.717) is 38.2 Å². The van der Waals surface area contributed by atoms with Gasteiger partial charge in [-0.05, 0) is 54.7 Å². The average Bonchev–Trinajstić information content (AvgIpc) is 2.78. The molecule has 0 saturated heterocycles. The van der Waals surface area contributed by atoms with Crippen LogP contribution in [-0.2, 0) is 26.5 Å². The maximum atomic E-state index is 13.2. The van der Waals surface area contributed by atoms with E-state index < -0.39 is 20.0 Å². The Bertz CT molecular complexity index is 1200. The summed E-state index contributed by atoms with van der Waals surface area (Å²) in [6.45, 7) is 6.85. The van der Waals surface area contributed by atoms with Gasteiger partial charge in [-0.15, -0.1) is 0 Å². The Hall–Kier alpha value is -2.36. The number of hydrogen-bond donors (Lipinski definition) is 2. The van der Waals surface area contributed by atoms with E-state index in [4.69, 9.17) is 0 Å². The van der Waals surface area contributed by atoms with Crippen molar-refractivity contribution in [2.24, 2.45) is 0 Å². The third-order valence-corrected chi connectivity index (χ3v) is 9.05. The first-order valence-corrected chi connectivity index (χ1v) is 13.8. The Kier molecular flexibility index (Phi) is 7.63. The molecule has 0 amide bonds. The number of nitrogens with one attached hydrogen (secondary N) is 2. The van der Waals surface area contributed by atoms with Crippen LogP contribution < -0.4 is 10.0 Å². The Morgan fingerprint density at radius 1 is 0.906 bits per heavy atom. The summed E-state index contributed by atoms with van der Waals surface area (Å²) in [4.78, 5) is 0.346. The van der Waals surface area contributed by atoms with E-state index in [2.05, 4.69) is 10.0 Å². The minimum atomic E-state index is -3.86. The zero-order valence-corrected chi connectivity index (χ0v) is 20.4. The van der Waals surface area contributed by atoms with E-state index in [9.17, 15) is 16.8 Å². The van der Waals surface area contributed by atoms with Crippen LogP contribution in [0.4, 0.5) is 11.4 Å². The highest BCUT2D eigenvalue weighted by Crippen LogP contribution is 2.32. The van der Waals surface area contributed by atoms with Gasteiger partial charge in [-0.2, -0.15) is 4.31 Å². The molecule has 0 fully saturated rings. The van der Waals surface area contributed by atoms with Crippen LogP contribution in [0, 0.1) is 0 Å². The summed E-state index contributed by atoms with van der Waals surface area (Å²) < 4.78 is 56.4. The van der Waals surface area contributed by atoms with Gasteiger partial charge in [0.2, 0.25) is 10.0 Å². The lowest BCUT2D eigenvalue weighted by Crippen LogP contribution is -2.30. The molecule has 174 valence electrons. The molecule has 2 N–H and O–H groups in total. The molecule has 9 heteroatoms. The van der Waals surface area contributed by atoms with Gasteiger partial charge in [-0.25, -0.2) is 16.8 Å². The fraction of sp³-hybridized carbons (Fsp3) is 0.391. The summed E-state index contributed by atoms with van der Waals surface area (Å²) in [5.74, 6) is 0. The molecule has 0 spiro atoms. The number of anilines is 2. The minimum Gasteiger partial charge on any atom is -0.383 e. The van der Waals surface area contributed by atoms with E-state index >= 15 is 0 Å². The molecule has 0 radical (unpaired) electrons. The van der Waals surface area contributed by atoms with Gasteiger partial charge >= 0.3 is 0 Å². The van der Waals surface area contributed by atoms with Crippen LogP contribution in [-0.4, -0.2) is 40.8 Å². The summed E-state index contributed by atoms with van der Waals surface area (Å²) in [7, 11) is -7.58. The highest BCUT2D eigenvalue weighted by Gasteiger charge is 2.26. The number of rotatable bonds is 10. The van der Waals surface area contributed by atoms with Gasteiger partial charge in [0, 0.05) is 19.6 Å². The smallest absolute Gasteiger partial charge is 0.258 e. The minimum absolute atomic E-state index is 0.0592. The summed E-state index contributed by atoms with van der Waals surface area (Å²) >= 11 is 0. The van der Waals surface area contributed by atoms with Crippen molar-refractivity contribution in [3.05, 3.63) is 58.5 Å². The molecule has 7 nitrogen and oxygen atoms in total. The molecule has 2 aromatic carbocycles. The number of hydrogen-bond acceptors (Lipinski definition) is 5. The van der Waals surface area contributed by atoms with Crippen LogP contribution in [0.25, 0.3) is 6.08 Å². The van der Waals surface area contributed by atoms with Gasteiger partial charge in [0.05, 0.1) is 21.2 Å². The highest BCUT2D eigenvalue weighted by molar-refractivity contribution is 7.96. The second kappa shape index (κ2) is 10.1. The second-order valence-corrected chi connectivity index (χ2v) is 11.3. The van der Waals surface area contributed by atoms with Gasteiger partial charge in [0.25, 0.3) is 10.0 Å². The van der Waals surface area contributed by atoms with Gasteiger partial charge in [-0.3, -0.25) is 4.72 Å². The zero-order chi connectivity index (χ0) is 23.4. The Morgan fingerprint density at radius 3 is 2.31 bits per heavy atom. The first-order chi connectivity index (χ1) is 15.2. The Morgan fingerprint density at radius 2 is 1.62 bits per heavy atom. The standard InChI is InChI=1S/C23H31N3O4S2/c1-4-15-24-22-14-13-21(32(29,30)26(5-2)6-3)17-23(22)25-31(27,28)20-12-11-18-9-7-8-10-19(18)16-20/h7-10,13-14,16-17,24-25H,4-6,11-12,15H2,1-3H3. The SMILES string of the molecule is CCCNc1ccc(S(=O)(=O)N(CC)CC)cc1NS(=O)(=O)C1=Cc2ccccc2CC1. The lowest BCUT2D eigenvalue weighted by molar-refractivity contribution is 0.445. The fourth-order valence-corrected chi connectivity index (χ4v) is 6.45. The topological polar surface area (TPSA) is 95.6 Å². The van der Waals surface area contributed by atoms with Gasteiger partial charge in [0.15, 0.2) is 0 Å². The van der Waals surface area contributed by atoms with Gasteiger partial charge in [-0.1, -0.05) is 45.0 Å². The molecule has 0 bridgehead atoms. The predicted octanol–water partition coefficient (Wildman–Crippen LogP) is 4.27. The van der Waals surface area contributed by atoms with Crippen molar-refractivity contribution < 1.29 is 16.8 Å². The molecule has 0 aromatic heterocycles. The van der Waals surface area contributed by atoms with Gasteiger partial charge < -0.3 is 5.32 Å². The number of nitrogens with zero attached hydrogens (tertiary/aromatic N) is 1. The molecule has 0 atom stereocenters. The normalized spacial score (nSPS) is 14.1. The average molecular weight is 478 g/mol. The van der Waals surface area contributed by atoms with Crippen molar-refractivity contribution in [3.63, 3.8) is 0 Å². The van der Waals surface area contributed by atoms with E-state index in [1.807, 2.05) is 31.2 Å². The van der Waals surface area contributed by atoms with Crippen LogP contribution in [0.2, 0.25) is 0 Å². The van der Waals surface area contributed by atoms with Crippen LogP contribution in [0.5, 0.6) is 0 Å². The van der Waals surface area contributed by atoms with Crippen LogP contribution in [0.1, 0.15) is 44.7 Å². The van der Waals surface area contributed by atoms with E-state index in [-0.39, 0.29) is 15.5 Å². The molecular formula is C23H31N3O4S2. The maximum Gasteiger partial charge on any atom is 0.258 e. The molecule has 0 aliphatic heterocycles. The van der Waals surface area contributed by atoms with Crippen LogP contribution in [0.3, 0.4) is 0 Å². The maximum absolute atomic E-state index is 13.2. The van der Waals surface area contributed by atoms with Crippen molar-refractivity contribution >= 4 is 37.5 Å². The summed E-state index contributed by atoms with van der Waals surface area (Å²) in [6, 6.07) is 12.3. The first-order valence-electron chi connectivity index (χ1n) is 10.9. The number of sulfonamides is 2. The van der Waals surface area contributed by atoms with Crippen molar-refractivity contribution in [2.75, 3.05) is 29.7 Å². The molecule has 32 heavy (non-hydrogen) atoms. The fourth-order valence-electron chi connectivity index (χ4n) is 3.72. The number of fused-ring (bicyclic) bond motifs is 1. The van der Waals surface area contributed by atoms with Crippen molar-refractivity contribution in [1.82, 2.24) is 4.31 Å². The lowest BCUT2D eigenvalue weighted by Gasteiger charge is -2.21.